The fourth-order valence-corrected chi connectivity index (χ4v) is 2.68. The van der Waals surface area contributed by atoms with Gasteiger partial charge in [0.15, 0.2) is 0 Å². The fourth-order valence-electron chi connectivity index (χ4n) is 2.68. The highest BCUT2D eigenvalue weighted by Gasteiger charge is 2.34. The smallest absolute Gasteiger partial charge is 0.326 e. The maximum Gasteiger partial charge on any atom is 0.326 e. The number of hydrogen-bond donors (Lipinski definition) is 1. The fraction of sp³-hybridized carbons (Fsp3) is 0.938. The number of hydrogen-bond acceptors (Lipinski definition) is 5. The average Bonchev–Trinajstić information content (AvgIpc) is 2.91. The van der Waals surface area contributed by atoms with E-state index >= 15 is 0 Å². The van der Waals surface area contributed by atoms with E-state index in [4.69, 9.17) is 14.2 Å². The molecule has 0 spiro atoms. The Morgan fingerprint density at radius 3 is 2.81 bits per heavy atom. The van der Waals surface area contributed by atoms with Crippen molar-refractivity contribution < 1.29 is 19.0 Å². The summed E-state index contributed by atoms with van der Waals surface area (Å²) in [7, 11) is 0. The molecule has 1 fully saturated rings. The van der Waals surface area contributed by atoms with Crippen molar-refractivity contribution in [3.8, 4) is 0 Å². The first kappa shape index (κ1) is 18.4. The van der Waals surface area contributed by atoms with Gasteiger partial charge in [0.2, 0.25) is 0 Å². The van der Waals surface area contributed by atoms with E-state index in [0.29, 0.717) is 26.2 Å². The van der Waals surface area contributed by atoms with Crippen LogP contribution in [0.15, 0.2) is 0 Å². The summed E-state index contributed by atoms with van der Waals surface area (Å²) in [6.45, 7) is 10.4. The van der Waals surface area contributed by atoms with E-state index in [1.54, 1.807) is 0 Å². The van der Waals surface area contributed by atoms with Gasteiger partial charge in [-0.3, -0.25) is 10.1 Å². The third-order valence-corrected chi connectivity index (χ3v) is 3.63. The standard InChI is InChI=1S/C16H31NO4/c1-5-20-15(18)16(4,17-13(2)3)9-7-10-19-12-14-8-6-11-21-14/h13-14,17H,5-12H2,1-4H3. The van der Waals surface area contributed by atoms with Crippen molar-refractivity contribution in [2.45, 2.75) is 71.1 Å². The Hall–Kier alpha value is -0.650. The number of rotatable bonds is 10. The van der Waals surface area contributed by atoms with Crippen LogP contribution in [0.4, 0.5) is 0 Å². The summed E-state index contributed by atoms with van der Waals surface area (Å²) in [6, 6.07) is 0.229. The van der Waals surface area contributed by atoms with Gasteiger partial charge in [0.25, 0.3) is 0 Å². The molecule has 2 unspecified atom stereocenters. The molecule has 1 aliphatic rings. The molecule has 0 aliphatic carbocycles. The van der Waals surface area contributed by atoms with E-state index in [9.17, 15) is 4.79 Å². The monoisotopic (exact) mass is 301 g/mol. The number of carbonyl (C=O) groups excluding carboxylic acids is 1. The van der Waals surface area contributed by atoms with Gasteiger partial charge in [0.1, 0.15) is 5.54 Å². The molecule has 0 radical (unpaired) electrons. The zero-order chi connectivity index (χ0) is 15.7. The second-order valence-electron chi connectivity index (χ2n) is 6.17. The van der Waals surface area contributed by atoms with Crippen molar-refractivity contribution >= 4 is 5.97 Å². The van der Waals surface area contributed by atoms with Crippen LogP contribution in [0.2, 0.25) is 0 Å². The van der Waals surface area contributed by atoms with Crippen molar-refractivity contribution in [2.24, 2.45) is 0 Å². The summed E-state index contributed by atoms with van der Waals surface area (Å²) in [5, 5.41) is 3.32. The summed E-state index contributed by atoms with van der Waals surface area (Å²) in [5.74, 6) is -0.183. The van der Waals surface area contributed by atoms with Gasteiger partial charge in [-0.25, -0.2) is 0 Å². The SMILES string of the molecule is CCOC(=O)C(C)(CCCOCC1CCCO1)NC(C)C. The topological polar surface area (TPSA) is 56.8 Å². The summed E-state index contributed by atoms with van der Waals surface area (Å²) < 4.78 is 16.3. The Bertz CT molecular complexity index is 303. The molecule has 0 aromatic rings. The predicted molar refractivity (Wildman–Crippen MR) is 82.3 cm³/mol. The number of nitrogens with one attached hydrogen (secondary N) is 1. The van der Waals surface area contributed by atoms with Crippen LogP contribution in [0.3, 0.4) is 0 Å². The van der Waals surface area contributed by atoms with E-state index < -0.39 is 5.54 Å². The Morgan fingerprint density at radius 1 is 1.48 bits per heavy atom. The van der Waals surface area contributed by atoms with Crippen LogP contribution in [0.5, 0.6) is 0 Å². The lowest BCUT2D eigenvalue weighted by Crippen LogP contribution is -2.53. The van der Waals surface area contributed by atoms with Gasteiger partial charge in [0.05, 0.1) is 19.3 Å². The van der Waals surface area contributed by atoms with Crippen LogP contribution >= 0.6 is 0 Å². The second-order valence-corrected chi connectivity index (χ2v) is 6.17. The van der Waals surface area contributed by atoms with Gasteiger partial charge in [-0.1, -0.05) is 0 Å². The summed E-state index contributed by atoms with van der Waals surface area (Å²) in [4.78, 5) is 12.1. The van der Waals surface area contributed by atoms with Gasteiger partial charge >= 0.3 is 5.97 Å². The molecular formula is C16H31NO4. The van der Waals surface area contributed by atoms with E-state index in [1.165, 1.54) is 0 Å². The normalized spacial score (nSPS) is 21.5. The number of ether oxygens (including phenoxy) is 3. The minimum atomic E-state index is -0.641. The Kier molecular flexibility index (Phi) is 8.22. The maximum atomic E-state index is 12.1. The van der Waals surface area contributed by atoms with Crippen molar-refractivity contribution in [3.05, 3.63) is 0 Å². The molecule has 0 aromatic heterocycles. The van der Waals surface area contributed by atoms with Crippen LogP contribution in [0, 0.1) is 0 Å². The quantitative estimate of drug-likeness (QED) is 0.495. The highest BCUT2D eigenvalue weighted by atomic mass is 16.5. The first-order chi connectivity index (χ1) is 9.98. The summed E-state index contributed by atoms with van der Waals surface area (Å²) in [5.41, 5.74) is -0.641. The first-order valence-corrected chi connectivity index (χ1v) is 8.12. The van der Waals surface area contributed by atoms with Gasteiger partial charge < -0.3 is 14.2 Å². The molecule has 1 saturated heterocycles. The lowest BCUT2D eigenvalue weighted by molar-refractivity contribution is -0.151. The van der Waals surface area contributed by atoms with Crippen molar-refractivity contribution in [1.29, 1.82) is 0 Å². The van der Waals surface area contributed by atoms with Gasteiger partial charge in [-0.15, -0.1) is 0 Å². The summed E-state index contributed by atoms with van der Waals surface area (Å²) in [6.07, 6.45) is 4.01. The average molecular weight is 301 g/mol. The third-order valence-electron chi connectivity index (χ3n) is 3.63. The minimum absolute atomic E-state index is 0.183. The van der Waals surface area contributed by atoms with Crippen molar-refractivity contribution in [2.75, 3.05) is 26.4 Å². The van der Waals surface area contributed by atoms with Crippen molar-refractivity contribution in [3.63, 3.8) is 0 Å². The Balaban J connectivity index is 2.29. The second kappa shape index (κ2) is 9.38. The molecule has 1 heterocycles. The lowest BCUT2D eigenvalue weighted by Gasteiger charge is -2.30. The molecule has 1 N–H and O–H groups in total. The van der Waals surface area contributed by atoms with Gasteiger partial charge in [-0.05, 0) is 53.4 Å². The van der Waals surface area contributed by atoms with E-state index in [1.807, 2.05) is 27.7 Å². The zero-order valence-electron chi connectivity index (χ0n) is 13.9. The molecule has 0 saturated carbocycles. The Labute approximate surface area is 128 Å². The third kappa shape index (κ3) is 6.76. The molecule has 0 aromatic carbocycles. The molecule has 5 heteroatoms. The highest BCUT2D eigenvalue weighted by Crippen LogP contribution is 2.17. The molecule has 0 bridgehead atoms. The van der Waals surface area contributed by atoms with Crippen LogP contribution in [-0.4, -0.2) is 50.1 Å². The predicted octanol–water partition coefficient (Wildman–Crippen LogP) is 2.28. The molecule has 5 nitrogen and oxygen atoms in total. The molecule has 0 amide bonds. The number of carbonyl (C=O) groups is 1. The maximum absolute atomic E-state index is 12.1. The molecule has 2 atom stereocenters. The van der Waals surface area contributed by atoms with E-state index in [-0.39, 0.29) is 18.1 Å². The van der Waals surface area contributed by atoms with Crippen LogP contribution in [0.25, 0.3) is 0 Å². The van der Waals surface area contributed by atoms with Crippen LogP contribution in [-0.2, 0) is 19.0 Å². The first-order valence-electron chi connectivity index (χ1n) is 8.12. The molecule has 1 aliphatic heterocycles. The largest absolute Gasteiger partial charge is 0.465 e. The zero-order valence-corrected chi connectivity index (χ0v) is 13.9. The molecular weight excluding hydrogens is 270 g/mol. The van der Waals surface area contributed by atoms with Crippen molar-refractivity contribution in [1.82, 2.24) is 5.32 Å². The minimum Gasteiger partial charge on any atom is -0.465 e. The molecule has 1 rings (SSSR count). The lowest BCUT2D eigenvalue weighted by atomic mass is 9.95. The number of esters is 1. The molecule has 21 heavy (non-hydrogen) atoms. The van der Waals surface area contributed by atoms with Gasteiger partial charge in [0, 0.05) is 19.3 Å². The van der Waals surface area contributed by atoms with Crippen LogP contribution < -0.4 is 5.32 Å². The van der Waals surface area contributed by atoms with Crippen LogP contribution in [0.1, 0.15) is 53.4 Å². The molecule has 124 valence electrons. The van der Waals surface area contributed by atoms with E-state index in [0.717, 1.165) is 25.9 Å². The van der Waals surface area contributed by atoms with E-state index in [2.05, 4.69) is 5.32 Å². The Morgan fingerprint density at radius 2 is 2.24 bits per heavy atom. The highest BCUT2D eigenvalue weighted by molar-refractivity contribution is 5.80. The van der Waals surface area contributed by atoms with Gasteiger partial charge in [-0.2, -0.15) is 0 Å². The summed E-state index contributed by atoms with van der Waals surface area (Å²) >= 11 is 0.